The summed E-state index contributed by atoms with van der Waals surface area (Å²) in [5.74, 6) is 0. The van der Waals surface area contributed by atoms with Crippen LogP contribution in [0.15, 0.2) is 0 Å². The lowest BCUT2D eigenvalue weighted by Crippen LogP contribution is -2.45. The van der Waals surface area contributed by atoms with E-state index >= 15 is 0 Å². The number of alkyl halides is 3. The predicted octanol–water partition coefficient (Wildman–Crippen LogP) is 3.64. The van der Waals surface area contributed by atoms with Crippen LogP contribution >= 0.6 is 21.6 Å². The van der Waals surface area contributed by atoms with Crippen LogP contribution in [0, 0.1) is 0 Å². The first-order valence-corrected chi connectivity index (χ1v) is 7.15. The first-order chi connectivity index (χ1) is 6.99. The van der Waals surface area contributed by atoms with E-state index in [1.807, 2.05) is 0 Å². The van der Waals surface area contributed by atoms with Crippen molar-refractivity contribution >= 4 is 21.6 Å². The summed E-state index contributed by atoms with van der Waals surface area (Å²) in [5, 5.41) is -1.36. The van der Waals surface area contributed by atoms with Crippen LogP contribution in [0.2, 0.25) is 0 Å². The Balaban J connectivity index is 2.18. The van der Waals surface area contributed by atoms with Crippen molar-refractivity contribution in [3.8, 4) is 0 Å². The molecule has 1 aliphatic heterocycles. The third kappa shape index (κ3) is 2.00. The van der Waals surface area contributed by atoms with Gasteiger partial charge in [0.15, 0.2) is 0 Å². The minimum atomic E-state index is -4.15. The Hall–Kier alpha value is 0.450. The van der Waals surface area contributed by atoms with Gasteiger partial charge in [-0.2, -0.15) is 13.2 Å². The van der Waals surface area contributed by atoms with E-state index in [-0.39, 0.29) is 4.75 Å². The van der Waals surface area contributed by atoms with Gasteiger partial charge in [-0.15, -0.1) is 0 Å². The Morgan fingerprint density at radius 1 is 1.27 bits per heavy atom. The number of rotatable bonds is 1. The molecule has 2 atom stereocenters. The maximum absolute atomic E-state index is 12.7. The highest BCUT2D eigenvalue weighted by Gasteiger charge is 2.60. The molecule has 2 aliphatic rings. The van der Waals surface area contributed by atoms with Crippen molar-refractivity contribution in [2.75, 3.05) is 7.11 Å². The third-order valence-corrected chi connectivity index (χ3v) is 6.83. The van der Waals surface area contributed by atoms with E-state index in [4.69, 9.17) is 4.74 Å². The Bertz CT molecular complexity index is 238. The SMILES string of the molecule is COC1C(C(F)(F)F)SSC12CCCC2. The van der Waals surface area contributed by atoms with Crippen molar-refractivity contribution in [1.29, 1.82) is 0 Å². The van der Waals surface area contributed by atoms with Gasteiger partial charge in [0.1, 0.15) is 5.25 Å². The van der Waals surface area contributed by atoms with Crippen LogP contribution in [0.1, 0.15) is 25.7 Å². The van der Waals surface area contributed by atoms with Crippen LogP contribution in [-0.4, -0.2) is 29.4 Å². The lowest BCUT2D eigenvalue weighted by Gasteiger charge is -2.30. The Labute approximate surface area is 94.9 Å². The molecule has 0 bridgehead atoms. The fourth-order valence-corrected chi connectivity index (χ4v) is 6.47. The van der Waals surface area contributed by atoms with Gasteiger partial charge in [0.25, 0.3) is 0 Å². The molecular formula is C9H13F3OS2. The summed E-state index contributed by atoms with van der Waals surface area (Å²) in [6.45, 7) is 0. The molecule has 88 valence electrons. The first kappa shape index (κ1) is 11.9. The summed E-state index contributed by atoms with van der Waals surface area (Å²) in [5.41, 5.74) is 0. The molecule has 1 spiro atoms. The molecule has 2 rings (SSSR count). The van der Waals surface area contributed by atoms with Crippen molar-refractivity contribution in [3.63, 3.8) is 0 Å². The van der Waals surface area contributed by atoms with Gasteiger partial charge >= 0.3 is 6.18 Å². The van der Waals surface area contributed by atoms with Crippen LogP contribution in [-0.2, 0) is 4.74 Å². The second-order valence-electron chi connectivity index (χ2n) is 4.07. The minimum Gasteiger partial charge on any atom is -0.378 e. The summed E-state index contributed by atoms with van der Waals surface area (Å²) < 4.78 is 43.0. The van der Waals surface area contributed by atoms with Gasteiger partial charge in [-0.05, 0) is 12.8 Å². The maximum Gasteiger partial charge on any atom is 0.403 e. The second kappa shape index (κ2) is 4.04. The quantitative estimate of drug-likeness (QED) is 0.665. The number of hydrogen-bond donors (Lipinski definition) is 0. The highest BCUT2D eigenvalue weighted by atomic mass is 33.1. The molecule has 2 fully saturated rings. The molecule has 15 heavy (non-hydrogen) atoms. The van der Waals surface area contributed by atoms with E-state index in [1.54, 1.807) is 0 Å². The highest BCUT2D eigenvalue weighted by Crippen LogP contribution is 2.62. The molecule has 0 N–H and O–H groups in total. The molecule has 1 nitrogen and oxygen atoms in total. The molecule has 0 radical (unpaired) electrons. The Morgan fingerprint density at radius 2 is 1.87 bits per heavy atom. The summed E-state index contributed by atoms with van der Waals surface area (Å²) >= 11 is 0. The Morgan fingerprint density at radius 3 is 2.33 bits per heavy atom. The summed E-state index contributed by atoms with van der Waals surface area (Å²) in [6, 6.07) is 0. The lowest BCUT2D eigenvalue weighted by molar-refractivity contribution is -0.152. The van der Waals surface area contributed by atoms with Crippen molar-refractivity contribution < 1.29 is 17.9 Å². The largest absolute Gasteiger partial charge is 0.403 e. The van der Waals surface area contributed by atoms with E-state index in [9.17, 15) is 13.2 Å². The minimum absolute atomic E-state index is 0.278. The first-order valence-electron chi connectivity index (χ1n) is 4.94. The normalized spacial score (nSPS) is 35.2. The lowest BCUT2D eigenvalue weighted by atomic mass is 9.96. The van der Waals surface area contributed by atoms with Crippen LogP contribution in [0.25, 0.3) is 0 Å². The van der Waals surface area contributed by atoms with E-state index in [1.165, 1.54) is 17.9 Å². The topological polar surface area (TPSA) is 9.23 Å². The molecule has 1 saturated carbocycles. The molecule has 1 saturated heterocycles. The van der Waals surface area contributed by atoms with Gasteiger partial charge < -0.3 is 4.74 Å². The van der Waals surface area contributed by atoms with Crippen molar-refractivity contribution in [2.45, 2.75) is 48.0 Å². The smallest absolute Gasteiger partial charge is 0.378 e. The van der Waals surface area contributed by atoms with Gasteiger partial charge in [0.05, 0.1) is 10.9 Å². The van der Waals surface area contributed by atoms with Crippen molar-refractivity contribution in [2.24, 2.45) is 0 Å². The molecule has 0 aromatic heterocycles. The standard InChI is InChI=1S/C9H13F3OS2/c1-13-6-7(9(10,11)12)14-15-8(6)4-2-3-5-8/h6-7H,2-5H2,1H3. The third-order valence-electron chi connectivity index (χ3n) is 3.14. The fraction of sp³-hybridized carbons (Fsp3) is 1.00. The fourth-order valence-electron chi connectivity index (χ4n) is 2.43. The van der Waals surface area contributed by atoms with Crippen LogP contribution in [0.3, 0.4) is 0 Å². The van der Waals surface area contributed by atoms with Gasteiger partial charge in [-0.1, -0.05) is 34.4 Å². The van der Waals surface area contributed by atoms with Gasteiger partial charge in [0, 0.05) is 7.11 Å². The molecule has 0 aromatic rings. The summed E-state index contributed by atoms with van der Waals surface area (Å²) in [6.07, 6.45) is -1.05. The van der Waals surface area contributed by atoms with E-state index in [0.717, 1.165) is 36.5 Å². The monoisotopic (exact) mass is 258 g/mol. The molecular weight excluding hydrogens is 245 g/mol. The van der Waals surface area contributed by atoms with Gasteiger partial charge in [0.2, 0.25) is 0 Å². The second-order valence-corrected chi connectivity index (χ2v) is 6.83. The zero-order valence-corrected chi connectivity index (χ0v) is 9.97. The molecule has 0 amide bonds. The molecule has 2 unspecified atom stereocenters. The maximum atomic E-state index is 12.7. The zero-order chi connectivity index (χ0) is 11.1. The molecule has 0 aromatic carbocycles. The number of hydrogen-bond acceptors (Lipinski definition) is 3. The number of methoxy groups -OCH3 is 1. The van der Waals surface area contributed by atoms with Crippen LogP contribution in [0.4, 0.5) is 13.2 Å². The summed E-state index contributed by atoms with van der Waals surface area (Å²) in [7, 11) is 3.74. The van der Waals surface area contributed by atoms with Gasteiger partial charge in [-0.25, -0.2) is 0 Å². The molecule has 1 aliphatic carbocycles. The van der Waals surface area contributed by atoms with Crippen molar-refractivity contribution in [1.82, 2.24) is 0 Å². The zero-order valence-electron chi connectivity index (χ0n) is 8.34. The Kier molecular flexibility index (Phi) is 3.21. The van der Waals surface area contributed by atoms with E-state index in [2.05, 4.69) is 0 Å². The predicted molar refractivity (Wildman–Crippen MR) is 57.0 cm³/mol. The van der Waals surface area contributed by atoms with Gasteiger partial charge in [-0.3, -0.25) is 0 Å². The summed E-state index contributed by atoms with van der Waals surface area (Å²) in [4.78, 5) is 0. The van der Waals surface area contributed by atoms with Crippen molar-refractivity contribution in [3.05, 3.63) is 0 Å². The van der Waals surface area contributed by atoms with Crippen LogP contribution in [0.5, 0.6) is 0 Å². The molecule has 6 heteroatoms. The number of ether oxygens (including phenoxy) is 1. The molecule has 1 heterocycles. The number of halogens is 3. The highest BCUT2D eigenvalue weighted by molar-refractivity contribution is 8.78. The average Bonchev–Trinajstić information content (AvgIpc) is 2.73. The van der Waals surface area contributed by atoms with E-state index in [0.29, 0.717) is 0 Å². The van der Waals surface area contributed by atoms with Crippen LogP contribution < -0.4 is 0 Å². The van der Waals surface area contributed by atoms with E-state index < -0.39 is 17.5 Å². The average molecular weight is 258 g/mol.